The summed E-state index contributed by atoms with van der Waals surface area (Å²) in [5.74, 6) is 0.0379. The molecule has 0 bridgehead atoms. The van der Waals surface area contributed by atoms with E-state index in [-0.39, 0.29) is 5.91 Å². The maximum Gasteiger partial charge on any atom is 0.408 e. The van der Waals surface area contributed by atoms with Gasteiger partial charge in [0.25, 0.3) is 0 Å². The molecule has 2 heterocycles. The Morgan fingerprint density at radius 1 is 1.37 bits per heavy atom. The standard InChI is InChI=1S/C13H13ClN2O3/c14-10-3-1-9(2-4-10)5-11(17)16-7-13(8-16)6-15-12(18)19-13/h1-4H,5-8H2,(H,15,18). The number of ether oxygens (including phenoxy) is 1. The average Bonchev–Trinajstić information content (AvgIpc) is 2.73. The molecule has 6 heteroatoms. The number of hydrogen-bond donors (Lipinski definition) is 1. The highest BCUT2D eigenvalue weighted by Crippen LogP contribution is 2.28. The van der Waals surface area contributed by atoms with Crippen molar-refractivity contribution in [3.8, 4) is 0 Å². The second-order valence-electron chi connectivity index (χ2n) is 4.98. The van der Waals surface area contributed by atoms with Gasteiger partial charge in [0.2, 0.25) is 5.91 Å². The number of nitrogens with zero attached hydrogens (tertiary/aromatic N) is 1. The molecule has 100 valence electrons. The number of halogens is 1. The molecule has 2 fully saturated rings. The van der Waals surface area contributed by atoms with Gasteiger partial charge in [-0.25, -0.2) is 4.79 Å². The summed E-state index contributed by atoms with van der Waals surface area (Å²) < 4.78 is 5.17. The second-order valence-corrected chi connectivity index (χ2v) is 5.42. The topological polar surface area (TPSA) is 58.6 Å². The van der Waals surface area contributed by atoms with Gasteiger partial charge in [0.1, 0.15) is 0 Å². The third-order valence-corrected chi connectivity index (χ3v) is 3.70. The molecule has 0 aromatic heterocycles. The van der Waals surface area contributed by atoms with Crippen LogP contribution in [0.1, 0.15) is 5.56 Å². The molecule has 2 aliphatic heterocycles. The summed E-state index contributed by atoms with van der Waals surface area (Å²) in [6, 6.07) is 7.22. The van der Waals surface area contributed by atoms with Crippen LogP contribution in [0.2, 0.25) is 5.02 Å². The summed E-state index contributed by atoms with van der Waals surface area (Å²) in [4.78, 5) is 24.7. The lowest BCUT2D eigenvalue weighted by molar-refractivity contribution is -0.149. The molecule has 0 aliphatic carbocycles. The van der Waals surface area contributed by atoms with E-state index >= 15 is 0 Å². The number of benzene rings is 1. The Bertz CT molecular complexity index is 523. The molecule has 0 atom stereocenters. The number of rotatable bonds is 2. The van der Waals surface area contributed by atoms with Crippen molar-refractivity contribution in [2.24, 2.45) is 0 Å². The average molecular weight is 281 g/mol. The van der Waals surface area contributed by atoms with Gasteiger partial charge in [-0.1, -0.05) is 23.7 Å². The molecule has 5 nitrogen and oxygen atoms in total. The van der Waals surface area contributed by atoms with Crippen LogP contribution in [0.4, 0.5) is 4.79 Å². The highest BCUT2D eigenvalue weighted by Gasteiger charge is 2.51. The fraction of sp³-hybridized carbons (Fsp3) is 0.385. The number of amides is 2. The lowest BCUT2D eigenvalue weighted by Gasteiger charge is -2.45. The van der Waals surface area contributed by atoms with Crippen molar-refractivity contribution < 1.29 is 14.3 Å². The molecule has 1 N–H and O–H groups in total. The quantitative estimate of drug-likeness (QED) is 0.886. The van der Waals surface area contributed by atoms with Crippen molar-refractivity contribution in [1.29, 1.82) is 0 Å². The first kappa shape index (κ1) is 12.3. The number of carbonyl (C=O) groups excluding carboxylic acids is 2. The molecule has 19 heavy (non-hydrogen) atoms. The fourth-order valence-electron chi connectivity index (χ4n) is 2.39. The Labute approximate surface area is 115 Å². The summed E-state index contributed by atoms with van der Waals surface area (Å²) in [5, 5.41) is 3.27. The van der Waals surface area contributed by atoms with Gasteiger partial charge in [-0.05, 0) is 17.7 Å². The predicted octanol–water partition coefficient (Wildman–Crippen LogP) is 1.20. The van der Waals surface area contributed by atoms with Crippen LogP contribution in [0, 0.1) is 0 Å². The molecule has 2 amide bonds. The van der Waals surface area contributed by atoms with Crippen LogP contribution in [0.3, 0.4) is 0 Å². The van der Waals surface area contributed by atoms with Gasteiger partial charge in [-0.2, -0.15) is 0 Å². The van der Waals surface area contributed by atoms with E-state index < -0.39 is 11.7 Å². The zero-order valence-electron chi connectivity index (χ0n) is 10.2. The highest BCUT2D eigenvalue weighted by molar-refractivity contribution is 6.30. The van der Waals surface area contributed by atoms with E-state index in [0.717, 1.165) is 5.56 Å². The van der Waals surface area contributed by atoms with Gasteiger partial charge >= 0.3 is 6.09 Å². The molecular formula is C13H13ClN2O3. The number of carbonyl (C=O) groups is 2. The molecule has 2 saturated heterocycles. The summed E-state index contributed by atoms with van der Waals surface area (Å²) in [7, 11) is 0. The van der Waals surface area contributed by atoms with Gasteiger partial charge in [-0.3, -0.25) is 4.79 Å². The van der Waals surface area contributed by atoms with Crippen LogP contribution in [0.15, 0.2) is 24.3 Å². The van der Waals surface area contributed by atoms with Crippen LogP contribution in [-0.4, -0.2) is 42.1 Å². The van der Waals surface area contributed by atoms with Crippen LogP contribution >= 0.6 is 11.6 Å². The first-order valence-electron chi connectivity index (χ1n) is 6.05. The van der Waals surface area contributed by atoms with Gasteiger partial charge in [-0.15, -0.1) is 0 Å². The smallest absolute Gasteiger partial charge is 0.408 e. The first-order chi connectivity index (χ1) is 9.06. The maximum atomic E-state index is 12.0. The van der Waals surface area contributed by atoms with Crippen molar-refractivity contribution in [2.45, 2.75) is 12.0 Å². The van der Waals surface area contributed by atoms with Crippen molar-refractivity contribution in [3.63, 3.8) is 0 Å². The third-order valence-electron chi connectivity index (χ3n) is 3.44. The SMILES string of the molecule is O=C1NCC2(CN(C(=O)Cc3ccc(Cl)cc3)C2)O1. The van der Waals surface area contributed by atoms with Crippen LogP contribution < -0.4 is 5.32 Å². The summed E-state index contributed by atoms with van der Waals surface area (Å²) in [5.41, 5.74) is 0.434. The summed E-state index contributed by atoms with van der Waals surface area (Å²) >= 11 is 5.79. The Morgan fingerprint density at radius 3 is 2.63 bits per heavy atom. The summed E-state index contributed by atoms with van der Waals surface area (Å²) in [6.45, 7) is 1.42. The third kappa shape index (κ3) is 2.38. The van der Waals surface area contributed by atoms with E-state index in [1.165, 1.54) is 0 Å². The minimum atomic E-state index is -0.493. The first-order valence-corrected chi connectivity index (χ1v) is 6.43. The van der Waals surface area contributed by atoms with Crippen LogP contribution in [0.25, 0.3) is 0 Å². The second kappa shape index (κ2) is 4.42. The Hall–Kier alpha value is -1.75. The van der Waals surface area contributed by atoms with E-state index in [2.05, 4.69) is 5.32 Å². The molecule has 0 unspecified atom stereocenters. The minimum absolute atomic E-state index is 0.0379. The van der Waals surface area contributed by atoms with E-state index in [9.17, 15) is 9.59 Å². The molecule has 3 rings (SSSR count). The van der Waals surface area contributed by atoms with Gasteiger partial charge in [0, 0.05) is 5.02 Å². The van der Waals surface area contributed by atoms with E-state index in [1.54, 1.807) is 17.0 Å². The molecule has 0 saturated carbocycles. The van der Waals surface area contributed by atoms with E-state index in [4.69, 9.17) is 16.3 Å². The van der Waals surface area contributed by atoms with E-state index in [0.29, 0.717) is 31.1 Å². The molecule has 2 aliphatic rings. The highest BCUT2D eigenvalue weighted by atomic mass is 35.5. The van der Waals surface area contributed by atoms with Gasteiger partial charge < -0.3 is 15.0 Å². The van der Waals surface area contributed by atoms with Crippen LogP contribution in [-0.2, 0) is 16.0 Å². The fourth-order valence-corrected chi connectivity index (χ4v) is 2.52. The normalized spacial score (nSPS) is 19.8. The number of alkyl carbamates (subject to hydrolysis) is 1. The van der Waals surface area contributed by atoms with Crippen LogP contribution in [0.5, 0.6) is 0 Å². The predicted molar refractivity (Wildman–Crippen MR) is 69.0 cm³/mol. The molecular weight excluding hydrogens is 268 g/mol. The number of nitrogens with one attached hydrogen (secondary N) is 1. The van der Waals surface area contributed by atoms with Crippen molar-refractivity contribution >= 4 is 23.6 Å². The zero-order chi connectivity index (χ0) is 13.5. The van der Waals surface area contributed by atoms with Crippen molar-refractivity contribution in [2.75, 3.05) is 19.6 Å². The molecule has 1 aromatic carbocycles. The van der Waals surface area contributed by atoms with Gasteiger partial charge in [0.15, 0.2) is 5.60 Å². The van der Waals surface area contributed by atoms with Crippen molar-refractivity contribution in [3.05, 3.63) is 34.9 Å². The van der Waals surface area contributed by atoms with E-state index in [1.807, 2.05) is 12.1 Å². The number of likely N-dealkylation sites (tertiary alicyclic amines) is 1. The monoisotopic (exact) mass is 280 g/mol. The molecule has 1 spiro atoms. The lowest BCUT2D eigenvalue weighted by Crippen LogP contribution is -2.65. The van der Waals surface area contributed by atoms with Crippen molar-refractivity contribution in [1.82, 2.24) is 10.2 Å². The largest absolute Gasteiger partial charge is 0.437 e. The minimum Gasteiger partial charge on any atom is -0.437 e. The molecule has 1 aromatic rings. The Balaban J connectivity index is 1.56. The Kier molecular flexibility index (Phi) is 2.86. The Morgan fingerprint density at radius 2 is 2.05 bits per heavy atom. The maximum absolute atomic E-state index is 12.0. The van der Waals surface area contributed by atoms with Gasteiger partial charge in [0.05, 0.1) is 26.1 Å². The summed E-state index contributed by atoms with van der Waals surface area (Å²) in [6.07, 6.45) is -0.0564. The molecule has 0 radical (unpaired) electrons. The number of hydrogen-bond acceptors (Lipinski definition) is 3. The lowest BCUT2D eigenvalue weighted by atomic mass is 9.93. The zero-order valence-corrected chi connectivity index (χ0v) is 10.9.